The summed E-state index contributed by atoms with van der Waals surface area (Å²) in [6.45, 7) is 3.66. The van der Waals surface area contributed by atoms with Crippen molar-refractivity contribution in [1.29, 1.82) is 0 Å². The Labute approximate surface area is 173 Å². The molecule has 0 N–H and O–H groups in total. The van der Waals surface area contributed by atoms with Crippen molar-refractivity contribution in [2.24, 2.45) is 0 Å². The Hall–Kier alpha value is -2.82. The van der Waals surface area contributed by atoms with Crippen molar-refractivity contribution in [3.8, 4) is 0 Å². The van der Waals surface area contributed by atoms with Crippen LogP contribution in [0.1, 0.15) is 47.7 Å². The number of aryl methyl sites for hydroxylation is 1. The first-order valence-corrected chi connectivity index (χ1v) is 10.4. The number of carbonyl (C=O) groups is 2. The third-order valence-corrected chi connectivity index (χ3v) is 5.71. The van der Waals surface area contributed by atoms with Crippen LogP contribution in [0.5, 0.6) is 0 Å². The quantitative estimate of drug-likeness (QED) is 0.481. The molecular formula is C24H31N3O2. The lowest BCUT2D eigenvalue weighted by atomic mass is 10.00. The van der Waals surface area contributed by atoms with Gasteiger partial charge < -0.3 is 9.80 Å². The van der Waals surface area contributed by atoms with E-state index in [2.05, 4.69) is 43.1 Å². The summed E-state index contributed by atoms with van der Waals surface area (Å²) in [5.41, 5.74) is 5.29. The van der Waals surface area contributed by atoms with Crippen LogP contribution < -0.4 is 9.80 Å². The lowest BCUT2D eigenvalue weighted by molar-refractivity contribution is 0.0979. The highest BCUT2D eigenvalue weighted by Crippen LogP contribution is 2.28. The lowest BCUT2D eigenvalue weighted by Crippen LogP contribution is -2.42. The molecule has 0 spiro atoms. The minimum atomic E-state index is -0.0228. The molecule has 0 saturated carbocycles. The Morgan fingerprint density at radius 1 is 1.10 bits per heavy atom. The van der Waals surface area contributed by atoms with Crippen molar-refractivity contribution in [1.82, 2.24) is 4.90 Å². The lowest BCUT2D eigenvalue weighted by Gasteiger charge is -2.32. The fourth-order valence-corrected chi connectivity index (χ4v) is 3.98. The molecule has 2 aromatic rings. The Morgan fingerprint density at radius 2 is 1.86 bits per heavy atom. The van der Waals surface area contributed by atoms with Crippen LogP contribution >= 0.6 is 0 Å². The van der Waals surface area contributed by atoms with Gasteiger partial charge in [-0.2, -0.15) is 0 Å². The molecule has 0 bridgehead atoms. The van der Waals surface area contributed by atoms with Gasteiger partial charge in [0.05, 0.1) is 5.69 Å². The van der Waals surface area contributed by atoms with E-state index in [1.807, 2.05) is 18.2 Å². The molecule has 0 unspecified atom stereocenters. The number of hydrogen-bond acceptors (Lipinski definition) is 3. The van der Waals surface area contributed by atoms with E-state index in [0.717, 1.165) is 42.6 Å². The minimum Gasteiger partial charge on any atom is -0.374 e. The molecule has 2 amide bonds. The number of carbonyl (C=O) groups excluding carboxylic acids is 2. The molecule has 1 aliphatic rings. The van der Waals surface area contributed by atoms with Crippen LogP contribution in [0.3, 0.4) is 0 Å². The SMILES string of the molecule is CCc1ccccc1N(C)CCCCC(=O)c1ccc2c(c1)CN(C)C(=O)N2C. The van der Waals surface area contributed by atoms with Gasteiger partial charge in [0.1, 0.15) is 0 Å². The number of unbranched alkanes of at least 4 members (excludes halogenated alkanes) is 1. The van der Waals surface area contributed by atoms with E-state index in [0.29, 0.717) is 13.0 Å². The predicted molar refractivity (Wildman–Crippen MR) is 119 cm³/mol. The fraction of sp³-hybridized carbons (Fsp3) is 0.417. The highest BCUT2D eigenvalue weighted by atomic mass is 16.2. The second-order valence-corrected chi connectivity index (χ2v) is 7.83. The number of nitrogens with zero attached hydrogens (tertiary/aromatic N) is 3. The van der Waals surface area contributed by atoms with Gasteiger partial charge in [0.25, 0.3) is 0 Å². The summed E-state index contributed by atoms with van der Waals surface area (Å²) < 4.78 is 0. The van der Waals surface area contributed by atoms with Crippen molar-refractivity contribution in [3.05, 3.63) is 59.2 Å². The number of benzene rings is 2. The maximum Gasteiger partial charge on any atom is 0.324 e. The monoisotopic (exact) mass is 393 g/mol. The van der Waals surface area contributed by atoms with Crippen LogP contribution in [0.2, 0.25) is 0 Å². The molecule has 0 aliphatic carbocycles. The maximum absolute atomic E-state index is 12.7. The van der Waals surface area contributed by atoms with Crippen molar-refractivity contribution >= 4 is 23.2 Å². The molecule has 2 aromatic carbocycles. The normalized spacial score (nSPS) is 13.4. The van der Waals surface area contributed by atoms with E-state index in [4.69, 9.17) is 0 Å². The molecule has 154 valence electrons. The second-order valence-electron chi connectivity index (χ2n) is 7.83. The molecule has 3 rings (SSSR count). The van der Waals surface area contributed by atoms with Gasteiger partial charge >= 0.3 is 6.03 Å². The molecule has 1 aliphatic heterocycles. The number of Topliss-reactive ketones (excluding diaryl/α,β-unsaturated/α-hetero) is 1. The van der Waals surface area contributed by atoms with E-state index in [1.54, 1.807) is 23.9 Å². The van der Waals surface area contributed by atoms with Crippen molar-refractivity contribution in [2.75, 3.05) is 37.5 Å². The molecular weight excluding hydrogens is 362 g/mol. The number of urea groups is 1. The Bertz CT molecular complexity index is 893. The van der Waals surface area contributed by atoms with Gasteiger partial charge in [-0.1, -0.05) is 25.1 Å². The van der Waals surface area contributed by atoms with Gasteiger partial charge in [-0.3, -0.25) is 9.69 Å². The topological polar surface area (TPSA) is 43.9 Å². The van der Waals surface area contributed by atoms with Gasteiger partial charge in [-0.15, -0.1) is 0 Å². The minimum absolute atomic E-state index is 0.0228. The predicted octanol–water partition coefficient (Wildman–Crippen LogP) is 4.74. The molecule has 0 aromatic heterocycles. The Morgan fingerprint density at radius 3 is 2.62 bits per heavy atom. The van der Waals surface area contributed by atoms with Gasteiger partial charge in [0.2, 0.25) is 0 Å². The van der Waals surface area contributed by atoms with Gasteiger partial charge in [0.15, 0.2) is 5.78 Å². The van der Waals surface area contributed by atoms with Gasteiger partial charge in [0, 0.05) is 51.9 Å². The molecule has 0 fully saturated rings. The summed E-state index contributed by atoms with van der Waals surface area (Å²) in [6.07, 6.45) is 3.41. The zero-order valence-electron chi connectivity index (χ0n) is 17.9. The van der Waals surface area contributed by atoms with Crippen molar-refractivity contribution in [3.63, 3.8) is 0 Å². The fourth-order valence-electron chi connectivity index (χ4n) is 3.98. The number of amides is 2. The number of ketones is 1. The average molecular weight is 394 g/mol. The van der Waals surface area contributed by atoms with Crippen LogP contribution in [-0.2, 0) is 13.0 Å². The number of hydrogen-bond donors (Lipinski definition) is 0. The first kappa shape index (κ1) is 20.9. The molecule has 29 heavy (non-hydrogen) atoms. The molecule has 5 heteroatoms. The van der Waals surface area contributed by atoms with E-state index in [-0.39, 0.29) is 11.8 Å². The molecule has 1 heterocycles. The van der Waals surface area contributed by atoms with Crippen LogP contribution in [0, 0.1) is 0 Å². The summed E-state index contributed by atoms with van der Waals surface area (Å²) in [5, 5.41) is 0. The number of anilines is 2. The summed E-state index contributed by atoms with van der Waals surface area (Å²) in [5.74, 6) is 0.173. The third kappa shape index (κ3) is 4.61. The van der Waals surface area contributed by atoms with E-state index < -0.39 is 0 Å². The molecule has 0 atom stereocenters. The summed E-state index contributed by atoms with van der Waals surface area (Å²) in [4.78, 5) is 30.3. The van der Waals surface area contributed by atoms with Crippen LogP contribution in [0.15, 0.2) is 42.5 Å². The first-order valence-electron chi connectivity index (χ1n) is 10.4. The summed E-state index contributed by atoms with van der Waals surface area (Å²) >= 11 is 0. The average Bonchev–Trinajstić information content (AvgIpc) is 2.74. The summed E-state index contributed by atoms with van der Waals surface area (Å²) in [7, 11) is 5.67. The van der Waals surface area contributed by atoms with Crippen LogP contribution in [0.25, 0.3) is 0 Å². The summed E-state index contributed by atoms with van der Waals surface area (Å²) in [6, 6.07) is 14.2. The number of para-hydroxylation sites is 1. The van der Waals surface area contributed by atoms with E-state index >= 15 is 0 Å². The van der Waals surface area contributed by atoms with Gasteiger partial charge in [-0.25, -0.2) is 4.79 Å². The third-order valence-electron chi connectivity index (χ3n) is 5.71. The standard InChI is InChI=1S/C24H31N3O2/c1-5-18-10-6-7-11-21(18)25(2)15-9-8-12-23(28)19-13-14-22-20(16-19)17-26(3)24(29)27(22)4/h6-7,10-11,13-14,16H,5,8-9,12,15,17H2,1-4H3. The van der Waals surface area contributed by atoms with Crippen LogP contribution in [-0.4, -0.2) is 44.4 Å². The maximum atomic E-state index is 12.7. The first-order chi connectivity index (χ1) is 13.9. The largest absolute Gasteiger partial charge is 0.374 e. The highest BCUT2D eigenvalue weighted by molar-refractivity contribution is 5.99. The second kappa shape index (κ2) is 9.12. The smallest absolute Gasteiger partial charge is 0.324 e. The Balaban J connectivity index is 1.54. The van der Waals surface area contributed by atoms with E-state index in [9.17, 15) is 9.59 Å². The van der Waals surface area contributed by atoms with Crippen LogP contribution in [0.4, 0.5) is 16.2 Å². The molecule has 5 nitrogen and oxygen atoms in total. The Kier molecular flexibility index (Phi) is 6.57. The van der Waals surface area contributed by atoms with Crippen molar-refractivity contribution in [2.45, 2.75) is 39.2 Å². The number of rotatable bonds is 8. The zero-order chi connectivity index (χ0) is 21.0. The molecule has 0 radical (unpaired) electrons. The number of fused-ring (bicyclic) bond motifs is 1. The van der Waals surface area contributed by atoms with Crippen molar-refractivity contribution < 1.29 is 9.59 Å². The molecule has 0 saturated heterocycles. The van der Waals surface area contributed by atoms with E-state index in [1.165, 1.54) is 11.3 Å². The zero-order valence-corrected chi connectivity index (χ0v) is 17.9. The van der Waals surface area contributed by atoms with Gasteiger partial charge in [-0.05, 0) is 54.7 Å². The highest BCUT2D eigenvalue weighted by Gasteiger charge is 2.25.